The van der Waals surface area contributed by atoms with Gasteiger partial charge in [-0.3, -0.25) is 4.79 Å². The number of rotatable bonds is 1. The molecule has 1 rings (SSSR count). The average Bonchev–Trinajstić information content (AvgIpc) is 2.06. The third-order valence-corrected chi connectivity index (χ3v) is 1.69. The lowest BCUT2D eigenvalue weighted by Gasteiger charge is -2.04. The van der Waals surface area contributed by atoms with Crippen LogP contribution < -0.4 is 5.32 Å². The van der Waals surface area contributed by atoms with Crippen molar-refractivity contribution in [3.63, 3.8) is 0 Å². The second-order valence-electron chi connectivity index (χ2n) is 2.40. The number of carbonyl (C=O) groups excluding carboxylic acids is 1. The van der Waals surface area contributed by atoms with Crippen LogP contribution in [0.15, 0.2) is 12.1 Å². The van der Waals surface area contributed by atoms with Crippen molar-refractivity contribution in [2.75, 3.05) is 5.32 Å². The first-order valence-electron chi connectivity index (χ1n) is 3.43. The number of anilines is 1. The molecular formula is C8H6ClF2NO. The average molecular weight is 206 g/mol. The zero-order chi connectivity index (χ0) is 10.0. The molecular weight excluding hydrogens is 200 g/mol. The van der Waals surface area contributed by atoms with Gasteiger partial charge in [0.1, 0.15) is 10.8 Å². The van der Waals surface area contributed by atoms with E-state index in [0.29, 0.717) is 0 Å². The monoisotopic (exact) mass is 205 g/mol. The van der Waals surface area contributed by atoms with Gasteiger partial charge in [0.05, 0.1) is 5.69 Å². The first kappa shape index (κ1) is 9.92. The molecule has 0 atom stereocenters. The van der Waals surface area contributed by atoms with Crippen molar-refractivity contribution >= 4 is 23.2 Å². The maximum absolute atomic E-state index is 13.0. The highest BCUT2D eigenvalue weighted by Crippen LogP contribution is 2.25. The van der Waals surface area contributed by atoms with Gasteiger partial charge in [0, 0.05) is 6.92 Å². The van der Waals surface area contributed by atoms with Gasteiger partial charge >= 0.3 is 0 Å². The highest BCUT2D eigenvalue weighted by molar-refractivity contribution is 6.31. The van der Waals surface area contributed by atoms with Crippen LogP contribution in [-0.2, 0) is 4.79 Å². The summed E-state index contributed by atoms with van der Waals surface area (Å²) in [4.78, 5) is 10.5. The molecule has 1 N–H and O–H groups in total. The molecule has 0 unspecified atom stereocenters. The number of benzene rings is 1. The number of carbonyl (C=O) groups is 1. The molecule has 1 aromatic rings. The molecule has 0 heterocycles. The van der Waals surface area contributed by atoms with Crippen LogP contribution in [0.5, 0.6) is 0 Å². The van der Waals surface area contributed by atoms with Crippen molar-refractivity contribution in [3.05, 3.63) is 28.8 Å². The van der Waals surface area contributed by atoms with Crippen LogP contribution in [0.3, 0.4) is 0 Å². The Balaban J connectivity index is 3.10. The number of halogens is 3. The van der Waals surface area contributed by atoms with Gasteiger partial charge in [-0.2, -0.15) is 0 Å². The van der Waals surface area contributed by atoms with Gasteiger partial charge in [0.25, 0.3) is 0 Å². The Kier molecular flexibility index (Phi) is 2.83. The second-order valence-corrected chi connectivity index (χ2v) is 2.78. The molecule has 70 valence electrons. The van der Waals surface area contributed by atoms with Crippen LogP contribution in [0.1, 0.15) is 6.92 Å². The summed E-state index contributed by atoms with van der Waals surface area (Å²) >= 11 is 5.26. The molecule has 0 aliphatic rings. The summed E-state index contributed by atoms with van der Waals surface area (Å²) in [5.41, 5.74) is -0.126. The Morgan fingerprint density at radius 2 is 2.08 bits per heavy atom. The number of amides is 1. The van der Waals surface area contributed by atoms with Crippen molar-refractivity contribution in [2.45, 2.75) is 6.92 Å². The predicted octanol–water partition coefficient (Wildman–Crippen LogP) is 2.58. The molecule has 2 nitrogen and oxygen atoms in total. The van der Waals surface area contributed by atoms with Crippen molar-refractivity contribution in [2.24, 2.45) is 0 Å². The minimum absolute atomic E-state index is 0.126. The van der Waals surface area contributed by atoms with Gasteiger partial charge in [0.15, 0.2) is 5.82 Å². The lowest BCUT2D eigenvalue weighted by Crippen LogP contribution is -2.07. The Morgan fingerprint density at radius 3 is 2.62 bits per heavy atom. The molecule has 0 radical (unpaired) electrons. The van der Waals surface area contributed by atoms with Crippen LogP contribution >= 0.6 is 11.6 Å². The summed E-state index contributed by atoms with van der Waals surface area (Å²) in [6.45, 7) is 1.22. The summed E-state index contributed by atoms with van der Waals surface area (Å²) in [7, 11) is 0. The second kappa shape index (κ2) is 3.70. The number of nitrogens with one attached hydrogen (secondary N) is 1. The molecule has 0 bridgehead atoms. The molecule has 0 saturated heterocycles. The topological polar surface area (TPSA) is 29.1 Å². The quantitative estimate of drug-likeness (QED) is 0.702. The van der Waals surface area contributed by atoms with E-state index < -0.39 is 22.6 Å². The molecule has 0 saturated carbocycles. The first-order valence-corrected chi connectivity index (χ1v) is 3.81. The van der Waals surface area contributed by atoms with Gasteiger partial charge in [-0.15, -0.1) is 0 Å². The summed E-state index contributed by atoms with van der Waals surface area (Å²) in [5.74, 6) is -2.26. The van der Waals surface area contributed by atoms with E-state index in [0.717, 1.165) is 12.1 Å². The van der Waals surface area contributed by atoms with Crippen LogP contribution in [-0.4, -0.2) is 5.91 Å². The Morgan fingerprint density at radius 1 is 1.46 bits per heavy atom. The molecule has 0 aliphatic carbocycles. The van der Waals surface area contributed by atoms with Crippen molar-refractivity contribution < 1.29 is 13.6 Å². The third-order valence-electron chi connectivity index (χ3n) is 1.35. The summed E-state index contributed by atoms with van der Waals surface area (Å²) in [5, 5.41) is 1.56. The van der Waals surface area contributed by atoms with E-state index >= 15 is 0 Å². The predicted molar refractivity (Wildman–Crippen MR) is 45.7 cm³/mol. The minimum Gasteiger partial charge on any atom is -0.324 e. The van der Waals surface area contributed by atoms with Crippen LogP contribution in [0.4, 0.5) is 14.5 Å². The fourth-order valence-electron chi connectivity index (χ4n) is 0.812. The maximum Gasteiger partial charge on any atom is 0.221 e. The molecule has 5 heteroatoms. The van der Waals surface area contributed by atoms with Crippen LogP contribution in [0.25, 0.3) is 0 Å². The Labute approximate surface area is 78.5 Å². The summed E-state index contributed by atoms with van der Waals surface area (Å²) in [6, 6.07) is 2.09. The smallest absolute Gasteiger partial charge is 0.221 e. The molecule has 0 fully saturated rings. The van der Waals surface area contributed by atoms with Crippen molar-refractivity contribution in [1.82, 2.24) is 0 Å². The molecule has 0 spiro atoms. The minimum atomic E-state index is -0.961. The van der Waals surface area contributed by atoms with Crippen molar-refractivity contribution in [1.29, 1.82) is 0 Å². The largest absolute Gasteiger partial charge is 0.324 e. The van der Waals surface area contributed by atoms with E-state index in [-0.39, 0.29) is 5.69 Å². The number of hydrogen-bond donors (Lipinski definition) is 1. The third kappa shape index (κ3) is 2.15. The highest BCUT2D eigenvalue weighted by atomic mass is 35.5. The Hall–Kier alpha value is -1.16. The van der Waals surface area contributed by atoms with E-state index in [9.17, 15) is 13.6 Å². The number of hydrogen-bond acceptors (Lipinski definition) is 1. The van der Waals surface area contributed by atoms with E-state index in [1.807, 2.05) is 0 Å². The first-order chi connectivity index (χ1) is 6.02. The van der Waals surface area contributed by atoms with E-state index in [4.69, 9.17) is 11.6 Å². The molecule has 1 aromatic carbocycles. The van der Waals surface area contributed by atoms with Crippen LogP contribution in [0, 0.1) is 11.6 Å². The van der Waals surface area contributed by atoms with Gasteiger partial charge < -0.3 is 5.32 Å². The standard InChI is InChI=1S/C8H6ClF2NO/c1-4(13)12-6-3-2-5(10)7(9)8(6)11/h2-3H,1H3,(H,12,13). The molecule has 13 heavy (non-hydrogen) atoms. The van der Waals surface area contributed by atoms with Gasteiger partial charge in [0.2, 0.25) is 5.91 Å². The normalized spacial score (nSPS) is 9.85. The lowest BCUT2D eigenvalue weighted by atomic mass is 10.3. The molecule has 0 aliphatic heterocycles. The van der Waals surface area contributed by atoms with E-state index in [1.54, 1.807) is 0 Å². The molecule has 0 aromatic heterocycles. The Bertz CT molecular complexity index is 354. The van der Waals surface area contributed by atoms with Gasteiger partial charge in [-0.25, -0.2) is 8.78 Å². The summed E-state index contributed by atoms with van der Waals surface area (Å²) < 4.78 is 25.6. The fraction of sp³-hybridized carbons (Fsp3) is 0.125. The van der Waals surface area contributed by atoms with Crippen molar-refractivity contribution in [3.8, 4) is 0 Å². The maximum atomic E-state index is 13.0. The lowest BCUT2D eigenvalue weighted by molar-refractivity contribution is -0.114. The van der Waals surface area contributed by atoms with Gasteiger partial charge in [-0.05, 0) is 12.1 Å². The van der Waals surface area contributed by atoms with E-state index in [1.165, 1.54) is 6.92 Å². The van der Waals surface area contributed by atoms with E-state index in [2.05, 4.69) is 5.32 Å². The summed E-state index contributed by atoms with van der Waals surface area (Å²) in [6.07, 6.45) is 0. The highest BCUT2D eigenvalue weighted by Gasteiger charge is 2.11. The molecule has 1 amide bonds. The zero-order valence-corrected chi connectivity index (χ0v) is 7.45. The SMILES string of the molecule is CC(=O)Nc1ccc(F)c(Cl)c1F. The fourth-order valence-corrected chi connectivity index (χ4v) is 0.977. The zero-order valence-electron chi connectivity index (χ0n) is 6.70. The van der Waals surface area contributed by atoms with Crippen LogP contribution in [0.2, 0.25) is 5.02 Å². The van der Waals surface area contributed by atoms with Gasteiger partial charge in [-0.1, -0.05) is 11.6 Å².